The van der Waals surface area contributed by atoms with Gasteiger partial charge in [-0.3, -0.25) is 9.59 Å². The van der Waals surface area contributed by atoms with Crippen molar-refractivity contribution in [3.05, 3.63) is 54.1 Å². The Kier molecular flexibility index (Phi) is 6.39. The highest BCUT2D eigenvalue weighted by Crippen LogP contribution is 2.21. The summed E-state index contributed by atoms with van der Waals surface area (Å²) in [6.45, 7) is 1.68. The topological polar surface area (TPSA) is 67.9 Å². The monoisotopic (exact) mass is 342 g/mol. The Hall–Kier alpha value is -3.02. The minimum Gasteiger partial charge on any atom is -0.497 e. The minimum atomic E-state index is -0.260. The second-order valence-electron chi connectivity index (χ2n) is 5.40. The molecule has 0 aliphatic heterocycles. The van der Waals surface area contributed by atoms with Crippen molar-refractivity contribution in [3.8, 4) is 11.5 Å². The van der Waals surface area contributed by atoms with Gasteiger partial charge in [-0.25, -0.2) is 0 Å². The number of methoxy groups -OCH3 is 2. The number of anilines is 1. The Morgan fingerprint density at radius 3 is 2.48 bits per heavy atom. The first kappa shape index (κ1) is 18.3. The van der Waals surface area contributed by atoms with E-state index in [2.05, 4.69) is 5.32 Å². The molecule has 0 unspecified atom stereocenters. The van der Waals surface area contributed by atoms with Gasteiger partial charge >= 0.3 is 0 Å². The van der Waals surface area contributed by atoms with E-state index < -0.39 is 0 Å². The molecule has 0 aromatic heterocycles. The molecule has 2 aromatic carbocycles. The Balaban J connectivity index is 2.04. The summed E-state index contributed by atoms with van der Waals surface area (Å²) in [4.78, 5) is 25.6. The van der Waals surface area contributed by atoms with Gasteiger partial charge in [0.1, 0.15) is 18.0 Å². The zero-order chi connectivity index (χ0) is 18.2. The predicted octanol–water partition coefficient (Wildman–Crippen LogP) is 2.37. The van der Waals surface area contributed by atoms with E-state index >= 15 is 0 Å². The van der Waals surface area contributed by atoms with Gasteiger partial charge in [-0.1, -0.05) is 24.3 Å². The second-order valence-corrected chi connectivity index (χ2v) is 5.40. The van der Waals surface area contributed by atoms with Gasteiger partial charge in [-0.15, -0.1) is 0 Å². The third-order valence-corrected chi connectivity index (χ3v) is 3.72. The van der Waals surface area contributed by atoms with E-state index in [0.29, 0.717) is 23.7 Å². The first-order chi connectivity index (χ1) is 12.0. The van der Waals surface area contributed by atoms with Crippen molar-refractivity contribution in [2.45, 2.75) is 13.5 Å². The number of hydrogen-bond acceptors (Lipinski definition) is 4. The molecular weight excluding hydrogens is 320 g/mol. The number of benzene rings is 2. The number of para-hydroxylation sites is 1. The number of carbonyl (C=O) groups is 2. The number of carbonyl (C=O) groups excluding carboxylic acids is 2. The predicted molar refractivity (Wildman–Crippen MR) is 95.9 cm³/mol. The average molecular weight is 342 g/mol. The van der Waals surface area contributed by atoms with Gasteiger partial charge in [0.05, 0.1) is 14.2 Å². The zero-order valence-electron chi connectivity index (χ0n) is 14.6. The van der Waals surface area contributed by atoms with E-state index in [0.717, 1.165) is 5.56 Å². The number of amides is 2. The van der Waals surface area contributed by atoms with Crippen LogP contribution in [-0.2, 0) is 16.1 Å². The van der Waals surface area contributed by atoms with Crippen molar-refractivity contribution >= 4 is 17.5 Å². The highest BCUT2D eigenvalue weighted by atomic mass is 16.5. The number of rotatable bonds is 7. The van der Waals surface area contributed by atoms with Crippen molar-refractivity contribution in [1.82, 2.24) is 5.32 Å². The summed E-state index contributed by atoms with van der Waals surface area (Å²) in [6, 6.07) is 14.5. The molecule has 0 fully saturated rings. The molecule has 0 aliphatic carbocycles. The van der Waals surface area contributed by atoms with Gasteiger partial charge in [0.25, 0.3) is 0 Å². The summed E-state index contributed by atoms with van der Waals surface area (Å²) < 4.78 is 10.4. The number of ether oxygens (including phenoxy) is 2. The lowest BCUT2D eigenvalue weighted by molar-refractivity contribution is -0.123. The Bertz CT molecular complexity index is 746. The number of nitrogens with one attached hydrogen (secondary N) is 1. The van der Waals surface area contributed by atoms with E-state index in [-0.39, 0.29) is 18.4 Å². The van der Waals surface area contributed by atoms with E-state index in [1.165, 1.54) is 11.8 Å². The van der Waals surface area contributed by atoms with Gasteiger partial charge < -0.3 is 19.7 Å². The molecule has 6 nitrogen and oxygen atoms in total. The third-order valence-electron chi connectivity index (χ3n) is 3.72. The highest BCUT2D eigenvalue weighted by Gasteiger charge is 2.16. The van der Waals surface area contributed by atoms with Crippen LogP contribution in [0.4, 0.5) is 5.69 Å². The van der Waals surface area contributed by atoms with Crippen LogP contribution in [0.15, 0.2) is 48.5 Å². The van der Waals surface area contributed by atoms with Crippen LogP contribution in [0, 0.1) is 0 Å². The van der Waals surface area contributed by atoms with Gasteiger partial charge in [0.15, 0.2) is 0 Å². The molecule has 0 saturated carbocycles. The van der Waals surface area contributed by atoms with E-state index in [4.69, 9.17) is 9.47 Å². The fourth-order valence-electron chi connectivity index (χ4n) is 2.41. The Morgan fingerprint density at radius 2 is 1.80 bits per heavy atom. The lowest BCUT2D eigenvalue weighted by Crippen LogP contribution is -2.39. The summed E-state index contributed by atoms with van der Waals surface area (Å²) in [5, 5.41) is 2.81. The van der Waals surface area contributed by atoms with Gasteiger partial charge in [0, 0.05) is 30.8 Å². The van der Waals surface area contributed by atoms with E-state index in [9.17, 15) is 9.59 Å². The fourth-order valence-corrected chi connectivity index (χ4v) is 2.41. The molecule has 132 valence electrons. The van der Waals surface area contributed by atoms with E-state index in [1.54, 1.807) is 38.5 Å². The van der Waals surface area contributed by atoms with Gasteiger partial charge in [-0.2, -0.15) is 0 Å². The summed E-state index contributed by atoms with van der Waals surface area (Å²) in [5.74, 6) is 0.849. The van der Waals surface area contributed by atoms with Crippen LogP contribution in [0.3, 0.4) is 0 Å². The highest BCUT2D eigenvalue weighted by molar-refractivity contribution is 5.97. The van der Waals surface area contributed by atoms with Gasteiger partial charge in [-0.05, 0) is 18.2 Å². The lowest BCUT2D eigenvalue weighted by Gasteiger charge is -2.21. The molecule has 0 saturated heterocycles. The molecule has 2 rings (SSSR count). The maximum Gasteiger partial charge on any atom is 0.240 e. The van der Waals surface area contributed by atoms with Crippen molar-refractivity contribution in [3.63, 3.8) is 0 Å². The Labute approximate surface area is 147 Å². The molecule has 1 N–H and O–H groups in total. The summed E-state index contributed by atoms with van der Waals surface area (Å²) in [7, 11) is 3.14. The molecule has 2 amide bonds. The zero-order valence-corrected chi connectivity index (χ0v) is 14.6. The van der Waals surface area contributed by atoms with Crippen LogP contribution >= 0.6 is 0 Å². The smallest absolute Gasteiger partial charge is 0.240 e. The van der Waals surface area contributed by atoms with Gasteiger partial charge in [0.2, 0.25) is 11.8 Å². The molecule has 6 heteroatoms. The summed E-state index contributed by atoms with van der Waals surface area (Å²) in [6.07, 6.45) is 0. The number of hydrogen-bond donors (Lipinski definition) is 1. The second kappa shape index (κ2) is 8.73. The van der Waals surface area contributed by atoms with Crippen LogP contribution < -0.4 is 19.7 Å². The first-order valence-electron chi connectivity index (χ1n) is 7.86. The summed E-state index contributed by atoms with van der Waals surface area (Å²) in [5.41, 5.74) is 1.48. The van der Waals surface area contributed by atoms with Crippen molar-refractivity contribution in [2.75, 3.05) is 25.7 Å². The Morgan fingerprint density at radius 1 is 1.04 bits per heavy atom. The normalized spacial score (nSPS) is 10.0. The van der Waals surface area contributed by atoms with Crippen LogP contribution in [0.1, 0.15) is 12.5 Å². The quantitative estimate of drug-likeness (QED) is 0.839. The van der Waals surface area contributed by atoms with Crippen molar-refractivity contribution in [2.24, 2.45) is 0 Å². The maximum absolute atomic E-state index is 12.3. The fraction of sp³-hybridized carbons (Fsp3) is 0.263. The van der Waals surface area contributed by atoms with Crippen LogP contribution in [0.2, 0.25) is 0 Å². The molecule has 0 bridgehead atoms. The average Bonchev–Trinajstić information content (AvgIpc) is 2.64. The maximum atomic E-state index is 12.3. The lowest BCUT2D eigenvalue weighted by atomic mass is 10.2. The minimum absolute atomic E-state index is 0.0718. The molecule has 25 heavy (non-hydrogen) atoms. The molecule has 2 aromatic rings. The molecular formula is C19H22N2O4. The van der Waals surface area contributed by atoms with E-state index in [1.807, 2.05) is 24.3 Å². The molecule has 0 spiro atoms. The van der Waals surface area contributed by atoms with Crippen molar-refractivity contribution in [1.29, 1.82) is 0 Å². The van der Waals surface area contributed by atoms with Crippen LogP contribution in [0.5, 0.6) is 11.5 Å². The largest absolute Gasteiger partial charge is 0.497 e. The molecule has 0 heterocycles. The third kappa shape index (κ3) is 4.97. The number of nitrogens with zero attached hydrogens (tertiary/aromatic N) is 1. The molecule has 0 radical (unpaired) electrons. The van der Waals surface area contributed by atoms with Crippen LogP contribution in [-0.4, -0.2) is 32.6 Å². The standard InChI is InChI=1S/C19H22N2O4/c1-14(22)21(16-8-6-9-17(11-16)24-2)13-19(23)20-12-15-7-4-5-10-18(15)25-3/h4-11H,12-13H2,1-3H3,(H,20,23). The van der Waals surface area contributed by atoms with Crippen LogP contribution in [0.25, 0.3) is 0 Å². The van der Waals surface area contributed by atoms with Crippen molar-refractivity contribution < 1.29 is 19.1 Å². The molecule has 0 atom stereocenters. The SMILES string of the molecule is COc1cccc(N(CC(=O)NCc2ccccc2OC)C(C)=O)c1. The first-order valence-corrected chi connectivity index (χ1v) is 7.86. The molecule has 0 aliphatic rings. The summed E-state index contributed by atoms with van der Waals surface area (Å²) >= 11 is 0.